The predicted octanol–water partition coefficient (Wildman–Crippen LogP) is 1.48. The zero-order chi connectivity index (χ0) is 13.1. The fourth-order valence-corrected chi connectivity index (χ4v) is 1.50. The van der Waals surface area contributed by atoms with Gasteiger partial charge in [0, 0.05) is 6.92 Å². The molecule has 0 amide bonds. The van der Waals surface area contributed by atoms with Crippen LogP contribution in [0, 0.1) is 17.0 Å². The smallest absolute Gasteiger partial charge is 0.314 e. The number of nitrogens with one attached hydrogen (secondary N) is 1. The van der Waals surface area contributed by atoms with Gasteiger partial charge in [0.05, 0.1) is 11.5 Å². The summed E-state index contributed by atoms with van der Waals surface area (Å²) in [5.41, 5.74) is 5.84. The molecule has 18 heavy (non-hydrogen) atoms. The molecule has 94 valence electrons. The minimum absolute atomic E-state index is 0.106. The number of nitro benzene ring substituents is 1. The van der Waals surface area contributed by atoms with E-state index in [1.807, 2.05) is 0 Å². The van der Waals surface area contributed by atoms with Crippen LogP contribution < -0.4 is 11.1 Å². The zero-order valence-electron chi connectivity index (χ0n) is 9.58. The van der Waals surface area contributed by atoms with Gasteiger partial charge >= 0.3 is 5.69 Å². The van der Waals surface area contributed by atoms with Crippen LogP contribution in [0.3, 0.4) is 0 Å². The minimum atomic E-state index is -0.529. The molecule has 0 saturated heterocycles. The van der Waals surface area contributed by atoms with Crippen LogP contribution in [0.15, 0.2) is 22.7 Å². The van der Waals surface area contributed by atoms with Crippen molar-refractivity contribution >= 4 is 17.1 Å². The third-order valence-corrected chi connectivity index (χ3v) is 2.26. The lowest BCUT2D eigenvalue weighted by atomic mass is 10.2. The molecular formula is C10H11N5O3. The Morgan fingerprint density at radius 1 is 1.56 bits per heavy atom. The maximum absolute atomic E-state index is 10.9. The van der Waals surface area contributed by atoms with Gasteiger partial charge in [-0.05, 0) is 12.1 Å². The number of aryl methyl sites for hydroxylation is 1. The Bertz CT molecular complexity index is 581. The summed E-state index contributed by atoms with van der Waals surface area (Å²) in [5, 5.41) is 17.4. The summed E-state index contributed by atoms with van der Waals surface area (Å²) in [6.07, 6.45) is 0. The molecular weight excluding hydrogens is 238 g/mol. The number of hydrogen-bond acceptors (Lipinski definition) is 7. The van der Waals surface area contributed by atoms with Crippen molar-refractivity contribution in [2.45, 2.75) is 13.5 Å². The summed E-state index contributed by atoms with van der Waals surface area (Å²) in [6.45, 7) is 1.89. The summed E-state index contributed by atoms with van der Waals surface area (Å²) in [5.74, 6) is 0.859. The molecule has 0 atom stereocenters. The third kappa shape index (κ3) is 2.37. The SMILES string of the molecule is Cc1nc(CNc2cccc(N)c2[N+](=O)[O-])no1. The van der Waals surface area contributed by atoms with Crippen molar-refractivity contribution in [1.29, 1.82) is 0 Å². The molecule has 0 saturated carbocycles. The van der Waals surface area contributed by atoms with E-state index in [1.165, 1.54) is 6.07 Å². The molecule has 2 rings (SSSR count). The molecule has 1 heterocycles. The summed E-state index contributed by atoms with van der Waals surface area (Å²) in [7, 11) is 0. The summed E-state index contributed by atoms with van der Waals surface area (Å²) >= 11 is 0. The highest BCUT2D eigenvalue weighted by molar-refractivity contribution is 5.74. The normalized spacial score (nSPS) is 10.3. The Labute approximate surface area is 102 Å². The molecule has 0 bridgehead atoms. The Kier molecular flexibility index (Phi) is 3.09. The molecule has 1 aromatic heterocycles. The van der Waals surface area contributed by atoms with E-state index < -0.39 is 4.92 Å². The van der Waals surface area contributed by atoms with Gasteiger partial charge in [-0.3, -0.25) is 10.1 Å². The number of nitrogens with zero attached hydrogens (tertiary/aromatic N) is 3. The van der Waals surface area contributed by atoms with Crippen LogP contribution >= 0.6 is 0 Å². The highest BCUT2D eigenvalue weighted by Crippen LogP contribution is 2.30. The quantitative estimate of drug-likeness (QED) is 0.478. The number of para-hydroxylation sites is 1. The van der Waals surface area contributed by atoms with Gasteiger partial charge in [-0.1, -0.05) is 11.2 Å². The fourth-order valence-electron chi connectivity index (χ4n) is 1.50. The van der Waals surface area contributed by atoms with Crippen LogP contribution in [0.1, 0.15) is 11.7 Å². The van der Waals surface area contributed by atoms with Crippen molar-refractivity contribution in [3.05, 3.63) is 40.0 Å². The first-order chi connectivity index (χ1) is 8.58. The van der Waals surface area contributed by atoms with Gasteiger partial charge in [0.15, 0.2) is 5.82 Å². The number of nitro groups is 1. The van der Waals surface area contributed by atoms with Gasteiger partial charge < -0.3 is 15.6 Å². The summed E-state index contributed by atoms with van der Waals surface area (Å²) in [4.78, 5) is 14.3. The summed E-state index contributed by atoms with van der Waals surface area (Å²) in [6, 6.07) is 4.68. The lowest BCUT2D eigenvalue weighted by Gasteiger charge is -2.06. The molecule has 1 aromatic carbocycles. The molecule has 0 aliphatic heterocycles. The fraction of sp³-hybridized carbons (Fsp3) is 0.200. The predicted molar refractivity (Wildman–Crippen MR) is 63.9 cm³/mol. The van der Waals surface area contributed by atoms with Crippen LogP contribution in [-0.2, 0) is 6.54 Å². The molecule has 0 fully saturated rings. The van der Waals surface area contributed by atoms with E-state index in [1.54, 1.807) is 19.1 Å². The van der Waals surface area contributed by atoms with Crippen molar-refractivity contribution in [1.82, 2.24) is 10.1 Å². The van der Waals surface area contributed by atoms with Gasteiger partial charge in [-0.2, -0.15) is 4.98 Å². The molecule has 8 nitrogen and oxygen atoms in total. The first-order valence-corrected chi connectivity index (χ1v) is 5.14. The van der Waals surface area contributed by atoms with Gasteiger partial charge in [0.25, 0.3) is 0 Å². The van der Waals surface area contributed by atoms with Crippen LogP contribution in [0.4, 0.5) is 17.1 Å². The number of rotatable bonds is 4. The largest absolute Gasteiger partial charge is 0.393 e. The highest BCUT2D eigenvalue weighted by atomic mass is 16.6. The second-order valence-electron chi connectivity index (χ2n) is 3.58. The number of nitrogen functional groups attached to an aromatic ring is 1. The Morgan fingerprint density at radius 2 is 2.33 bits per heavy atom. The van der Waals surface area contributed by atoms with Crippen molar-refractivity contribution in [3.8, 4) is 0 Å². The van der Waals surface area contributed by atoms with E-state index in [-0.39, 0.29) is 17.9 Å². The van der Waals surface area contributed by atoms with Crippen LogP contribution in [0.5, 0.6) is 0 Å². The molecule has 3 N–H and O–H groups in total. The molecule has 8 heteroatoms. The number of anilines is 2. The monoisotopic (exact) mass is 249 g/mol. The summed E-state index contributed by atoms with van der Waals surface area (Å²) < 4.78 is 4.79. The van der Waals surface area contributed by atoms with E-state index >= 15 is 0 Å². The molecule has 0 aliphatic rings. The molecule has 2 aromatic rings. The number of aromatic nitrogens is 2. The molecule has 0 spiro atoms. The van der Waals surface area contributed by atoms with Crippen molar-refractivity contribution in [2.75, 3.05) is 11.1 Å². The lowest BCUT2D eigenvalue weighted by Crippen LogP contribution is -2.05. The Hall–Kier alpha value is -2.64. The molecule has 0 aliphatic carbocycles. The highest BCUT2D eigenvalue weighted by Gasteiger charge is 2.17. The van der Waals surface area contributed by atoms with E-state index in [0.717, 1.165) is 0 Å². The zero-order valence-corrected chi connectivity index (χ0v) is 9.58. The standard InChI is InChI=1S/C10H11N5O3/c1-6-13-9(14-18-6)5-12-8-4-2-3-7(11)10(8)15(16)17/h2-4,12H,5,11H2,1H3. The van der Waals surface area contributed by atoms with Gasteiger partial charge in [-0.15, -0.1) is 0 Å². The van der Waals surface area contributed by atoms with E-state index in [0.29, 0.717) is 17.4 Å². The molecule has 0 radical (unpaired) electrons. The maximum Gasteiger partial charge on any atom is 0.314 e. The van der Waals surface area contributed by atoms with Crippen LogP contribution in [0.25, 0.3) is 0 Å². The van der Waals surface area contributed by atoms with Crippen molar-refractivity contribution in [2.24, 2.45) is 0 Å². The van der Waals surface area contributed by atoms with E-state index in [4.69, 9.17) is 10.3 Å². The average molecular weight is 249 g/mol. The van der Waals surface area contributed by atoms with Gasteiger partial charge in [0.2, 0.25) is 5.89 Å². The van der Waals surface area contributed by atoms with Crippen LogP contribution in [0.2, 0.25) is 0 Å². The molecule has 0 unspecified atom stereocenters. The first-order valence-electron chi connectivity index (χ1n) is 5.14. The Morgan fingerprint density at radius 3 is 2.94 bits per heavy atom. The minimum Gasteiger partial charge on any atom is -0.393 e. The topological polar surface area (TPSA) is 120 Å². The van der Waals surface area contributed by atoms with Gasteiger partial charge in [0.1, 0.15) is 11.4 Å². The second-order valence-corrected chi connectivity index (χ2v) is 3.58. The Balaban J connectivity index is 2.19. The van der Waals surface area contributed by atoms with E-state index in [2.05, 4.69) is 15.5 Å². The van der Waals surface area contributed by atoms with Crippen molar-refractivity contribution < 1.29 is 9.45 Å². The maximum atomic E-state index is 10.9. The average Bonchev–Trinajstić information content (AvgIpc) is 2.72. The second kappa shape index (κ2) is 4.70. The van der Waals surface area contributed by atoms with Crippen molar-refractivity contribution in [3.63, 3.8) is 0 Å². The first kappa shape index (κ1) is 11.8. The van der Waals surface area contributed by atoms with Crippen LogP contribution in [-0.4, -0.2) is 15.1 Å². The van der Waals surface area contributed by atoms with E-state index in [9.17, 15) is 10.1 Å². The lowest BCUT2D eigenvalue weighted by molar-refractivity contribution is -0.383. The number of hydrogen-bond donors (Lipinski definition) is 2. The number of nitrogens with two attached hydrogens (primary N) is 1. The van der Waals surface area contributed by atoms with Gasteiger partial charge in [-0.25, -0.2) is 0 Å². The third-order valence-electron chi connectivity index (χ3n) is 2.26. The number of benzene rings is 1.